The molecule has 2 fully saturated rings. The summed E-state index contributed by atoms with van der Waals surface area (Å²) in [5.74, 6) is -4.02. The summed E-state index contributed by atoms with van der Waals surface area (Å²) in [6.07, 6.45) is 0.138. The van der Waals surface area contributed by atoms with Crippen LogP contribution in [0, 0.1) is 23.2 Å². The average molecular weight is 420 g/mol. The lowest BCUT2D eigenvalue weighted by Gasteiger charge is -2.47. The zero-order valence-electron chi connectivity index (χ0n) is 15.1. The third-order valence-electron chi connectivity index (χ3n) is 5.81. The molecule has 3 N–H and O–H groups in total. The van der Waals surface area contributed by atoms with E-state index in [1.807, 2.05) is 13.8 Å². The number of carbonyl (C=O) groups excluding carboxylic acids is 1. The lowest BCUT2D eigenvalue weighted by molar-refractivity contribution is -0.154. The van der Waals surface area contributed by atoms with E-state index in [2.05, 4.69) is 21.2 Å². The topological polar surface area (TPSA) is 113 Å². The minimum absolute atomic E-state index is 0.313. The number of ether oxygens (including phenoxy) is 1. The molecule has 0 aromatic carbocycles. The van der Waals surface area contributed by atoms with Crippen LogP contribution in [0.1, 0.15) is 47.5 Å². The van der Waals surface area contributed by atoms with Gasteiger partial charge in [-0.15, -0.1) is 0 Å². The zero-order chi connectivity index (χ0) is 19.4. The van der Waals surface area contributed by atoms with Gasteiger partial charge in [0.2, 0.25) is 0 Å². The lowest BCUT2D eigenvalue weighted by Crippen LogP contribution is -2.67. The average Bonchev–Trinajstić information content (AvgIpc) is 3.16. The van der Waals surface area contributed by atoms with Crippen LogP contribution in [0.15, 0.2) is 0 Å². The number of carboxylic acids is 2. The second kappa shape index (κ2) is 6.14. The molecule has 2 aliphatic rings. The van der Waals surface area contributed by atoms with Crippen LogP contribution in [0.25, 0.3) is 0 Å². The molecule has 0 radical (unpaired) electrons. The number of amides is 1. The molecule has 0 aliphatic heterocycles. The van der Waals surface area contributed by atoms with Crippen LogP contribution in [0.5, 0.6) is 0 Å². The number of alkyl halides is 1. The molecule has 2 aliphatic carbocycles. The molecule has 25 heavy (non-hydrogen) atoms. The van der Waals surface area contributed by atoms with Crippen molar-refractivity contribution in [2.45, 2.75) is 63.4 Å². The maximum atomic E-state index is 12.4. The van der Waals surface area contributed by atoms with Crippen molar-refractivity contribution in [3.8, 4) is 0 Å². The maximum absolute atomic E-state index is 12.4. The fourth-order valence-electron chi connectivity index (χ4n) is 4.77. The van der Waals surface area contributed by atoms with Gasteiger partial charge in [-0.25, -0.2) is 9.59 Å². The van der Waals surface area contributed by atoms with Gasteiger partial charge in [0.15, 0.2) is 5.54 Å². The number of halogens is 1. The van der Waals surface area contributed by atoms with Crippen LogP contribution >= 0.6 is 15.9 Å². The summed E-state index contributed by atoms with van der Waals surface area (Å²) in [5, 5.41) is 22.2. The van der Waals surface area contributed by atoms with E-state index in [4.69, 9.17) is 4.74 Å². The fourth-order valence-corrected chi connectivity index (χ4v) is 6.44. The Hall–Kier alpha value is -1.31. The summed E-state index contributed by atoms with van der Waals surface area (Å²) in [6, 6.07) is 0. The van der Waals surface area contributed by atoms with Crippen molar-refractivity contribution < 1.29 is 29.3 Å². The van der Waals surface area contributed by atoms with E-state index < -0.39 is 46.4 Å². The van der Waals surface area contributed by atoms with Gasteiger partial charge in [0.05, 0.1) is 5.92 Å². The van der Waals surface area contributed by atoms with E-state index in [1.54, 1.807) is 20.8 Å². The first-order chi connectivity index (χ1) is 11.4. The predicted octanol–water partition coefficient (Wildman–Crippen LogP) is 2.86. The van der Waals surface area contributed by atoms with Crippen molar-refractivity contribution in [1.29, 1.82) is 0 Å². The van der Waals surface area contributed by atoms with E-state index in [0.717, 1.165) is 0 Å². The van der Waals surface area contributed by atoms with Gasteiger partial charge in [-0.3, -0.25) is 4.79 Å². The molecule has 0 bridgehead atoms. The summed E-state index contributed by atoms with van der Waals surface area (Å²) < 4.78 is 5.28. The number of fused-ring (bicyclic) bond motifs is 1. The largest absolute Gasteiger partial charge is 0.481 e. The quantitative estimate of drug-likeness (QED) is 0.590. The molecule has 1 amide bonds. The maximum Gasteiger partial charge on any atom is 0.408 e. The Labute approximate surface area is 155 Å². The van der Waals surface area contributed by atoms with E-state index in [0.29, 0.717) is 12.8 Å². The van der Waals surface area contributed by atoms with Crippen molar-refractivity contribution in [1.82, 2.24) is 5.32 Å². The van der Waals surface area contributed by atoms with Crippen LogP contribution in [0.3, 0.4) is 0 Å². The van der Waals surface area contributed by atoms with Crippen LogP contribution < -0.4 is 5.32 Å². The number of hydrogen-bond donors (Lipinski definition) is 3. The van der Waals surface area contributed by atoms with Crippen molar-refractivity contribution in [3.63, 3.8) is 0 Å². The molecule has 7 nitrogen and oxygen atoms in total. The summed E-state index contributed by atoms with van der Waals surface area (Å²) in [4.78, 5) is 36.1. The van der Waals surface area contributed by atoms with Crippen LogP contribution in [0.2, 0.25) is 0 Å². The van der Waals surface area contributed by atoms with Gasteiger partial charge in [-0.2, -0.15) is 0 Å². The second-order valence-corrected chi connectivity index (χ2v) is 8.96. The van der Waals surface area contributed by atoms with Crippen molar-refractivity contribution >= 4 is 34.0 Å². The number of nitrogens with one attached hydrogen (secondary N) is 1. The third kappa shape index (κ3) is 2.73. The molecule has 0 spiro atoms. The van der Waals surface area contributed by atoms with Gasteiger partial charge < -0.3 is 20.3 Å². The van der Waals surface area contributed by atoms with Crippen LogP contribution in [-0.4, -0.2) is 44.2 Å². The number of carboxylic acid groups (broad SMARTS) is 2. The Balaban J connectivity index is 2.52. The molecular formula is C17H26BrNO6. The van der Waals surface area contributed by atoms with Crippen molar-refractivity contribution in [2.75, 3.05) is 0 Å². The second-order valence-electron chi connectivity index (χ2n) is 7.97. The predicted molar refractivity (Wildman–Crippen MR) is 93.6 cm³/mol. The lowest BCUT2D eigenvalue weighted by atomic mass is 9.64. The van der Waals surface area contributed by atoms with E-state index >= 15 is 0 Å². The van der Waals surface area contributed by atoms with Crippen molar-refractivity contribution in [2.24, 2.45) is 23.2 Å². The molecule has 5 atom stereocenters. The van der Waals surface area contributed by atoms with Crippen LogP contribution in [0.4, 0.5) is 4.79 Å². The number of aliphatic carboxylic acids is 2. The first-order valence-corrected chi connectivity index (χ1v) is 9.42. The van der Waals surface area contributed by atoms with Crippen molar-refractivity contribution in [3.05, 3.63) is 0 Å². The van der Waals surface area contributed by atoms with E-state index in [-0.39, 0.29) is 10.7 Å². The Morgan fingerprint density at radius 1 is 1.16 bits per heavy atom. The summed E-state index contributed by atoms with van der Waals surface area (Å²) in [7, 11) is 0. The third-order valence-corrected chi connectivity index (χ3v) is 7.30. The molecule has 0 aromatic rings. The molecule has 8 heteroatoms. The van der Waals surface area contributed by atoms with E-state index in [1.165, 1.54) is 0 Å². The van der Waals surface area contributed by atoms with Crippen LogP contribution in [-0.2, 0) is 14.3 Å². The summed E-state index contributed by atoms with van der Waals surface area (Å²) in [6.45, 7) is 8.80. The number of alkyl carbamates (subject to hydrolysis) is 1. The van der Waals surface area contributed by atoms with Gasteiger partial charge in [-0.05, 0) is 39.5 Å². The molecule has 2 saturated carbocycles. The molecule has 142 valence electrons. The molecule has 0 aromatic heterocycles. The van der Waals surface area contributed by atoms with Gasteiger partial charge in [0.1, 0.15) is 5.60 Å². The SMILES string of the molecule is CCC1(CC)[C@H](Br)[C@@H]2[C@@H](C(=O)O)[C@@H]2[C@@]1(NC(=O)OC(C)(C)C)C(=O)O. The summed E-state index contributed by atoms with van der Waals surface area (Å²) >= 11 is 3.57. The minimum Gasteiger partial charge on any atom is -0.481 e. The zero-order valence-corrected chi connectivity index (χ0v) is 16.7. The van der Waals surface area contributed by atoms with Gasteiger partial charge in [0.25, 0.3) is 0 Å². The number of carbonyl (C=O) groups is 3. The highest BCUT2D eigenvalue weighted by Crippen LogP contribution is 2.73. The molecule has 0 saturated heterocycles. The summed E-state index contributed by atoms with van der Waals surface area (Å²) in [5.41, 5.74) is -3.26. The standard InChI is InChI=1S/C17H26BrNO6/c1-6-16(7-2)11(18)8-9(12(20)21)10(8)17(16,13(22)23)19-14(24)25-15(3,4)5/h8-11H,6-7H2,1-5H3,(H,19,24)(H,20,21)(H,22,23)/t8-,9-,10-,11-,17-/m1/s1. The molecule has 0 heterocycles. The normalized spacial score (nSPS) is 35.6. The Kier molecular flexibility index (Phi) is 4.92. The number of rotatable bonds is 5. The monoisotopic (exact) mass is 419 g/mol. The Bertz CT molecular complexity index is 596. The molecule has 0 unspecified atom stereocenters. The minimum atomic E-state index is -1.68. The highest BCUT2D eigenvalue weighted by atomic mass is 79.9. The molecule has 2 rings (SSSR count). The number of hydrogen-bond acceptors (Lipinski definition) is 4. The Morgan fingerprint density at radius 3 is 2.04 bits per heavy atom. The Morgan fingerprint density at radius 2 is 1.68 bits per heavy atom. The van der Waals surface area contributed by atoms with Gasteiger partial charge >= 0.3 is 18.0 Å². The highest BCUT2D eigenvalue weighted by Gasteiger charge is 2.83. The van der Waals surface area contributed by atoms with Gasteiger partial charge in [0, 0.05) is 16.2 Å². The smallest absolute Gasteiger partial charge is 0.408 e. The van der Waals surface area contributed by atoms with E-state index in [9.17, 15) is 24.6 Å². The highest BCUT2D eigenvalue weighted by molar-refractivity contribution is 9.09. The first kappa shape index (κ1) is 20.0. The fraction of sp³-hybridized carbons (Fsp3) is 0.824. The first-order valence-electron chi connectivity index (χ1n) is 8.51. The molecular weight excluding hydrogens is 394 g/mol. The van der Waals surface area contributed by atoms with Gasteiger partial charge in [-0.1, -0.05) is 29.8 Å².